The normalized spacial score (nSPS) is 11.6. The van der Waals surface area contributed by atoms with Crippen LogP contribution in [0.2, 0.25) is 5.02 Å². The summed E-state index contributed by atoms with van der Waals surface area (Å²) in [6.07, 6.45) is 1.43. The minimum Gasteiger partial charge on any atom is -0.394 e. The predicted octanol–water partition coefficient (Wildman–Crippen LogP) is 4.64. The summed E-state index contributed by atoms with van der Waals surface area (Å²) in [5.41, 5.74) is 7.32. The van der Waals surface area contributed by atoms with Gasteiger partial charge in [-0.25, -0.2) is 18.4 Å². The zero-order valence-corrected chi connectivity index (χ0v) is 18.9. The summed E-state index contributed by atoms with van der Waals surface area (Å²) in [7, 11) is -3.50. The van der Waals surface area contributed by atoms with Crippen LogP contribution in [-0.4, -0.2) is 35.8 Å². The van der Waals surface area contributed by atoms with Gasteiger partial charge in [-0.15, -0.1) is 0 Å². The van der Waals surface area contributed by atoms with E-state index in [1.807, 2.05) is 26.0 Å². The van der Waals surface area contributed by atoms with E-state index in [1.165, 1.54) is 22.4 Å². The molecule has 3 N–H and O–H groups in total. The molecule has 1 aromatic heterocycles. The predicted molar refractivity (Wildman–Crippen MR) is 122 cm³/mol. The van der Waals surface area contributed by atoms with E-state index in [9.17, 15) is 8.42 Å². The van der Waals surface area contributed by atoms with Gasteiger partial charge in [-0.1, -0.05) is 37.2 Å². The Bertz CT molecular complexity index is 1100. The first-order valence-corrected chi connectivity index (χ1v) is 11.9. The second kappa shape index (κ2) is 9.65. The summed E-state index contributed by atoms with van der Waals surface area (Å²) in [5, 5.41) is 4.39. The third-order valence-corrected chi connectivity index (χ3v) is 7.68. The van der Waals surface area contributed by atoms with Crippen molar-refractivity contribution < 1.29 is 8.42 Å². The number of hydrogen-bond acceptors (Lipinski definition) is 7. The molecule has 2 aromatic carbocycles. The van der Waals surface area contributed by atoms with E-state index in [-0.39, 0.29) is 4.90 Å². The van der Waals surface area contributed by atoms with Gasteiger partial charge in [-0.05, 0) is 48.5 Å². The molecule has 0 spiro atoms. The van der Waals surface area contributed by atoms with Crippen molar-refractivity contribution in [2.75, 3.05) is 24.1 Å². The molecule has 0 atom stereocenters. The Balaban J connectivity index is 1.79. The number of nitrogen functional groups attached to an aromatic ring is 1. The van der Waals surface area contributed by atoms with Crippen LogP contribution in [-0.2, 0) is 10.0 Å². The van der Waals surface area contributed by atoms with Gasteiger partial charge >= 0.3 is 0 Å². The van der Waals surface area contributed by atoms with Crippen molar-refractivity contribution in [2.45, 2.75) is 28.7 Å². The van der Waals surface area contributed by atoms with E-state index in [4.69, 9.17) is 17.3 Å². The van der Waals surface area contributed by atoms with Crippen LogP contribution in [0.3, 0.4) is 0 Å². The molecule has 0 radical (unpaired) electrons. The molecule has 3 rings (SSSR count). The molecule has 0 unspecified atom stereocenters. The molecular formula is C20H22ClN5O2S2. The molecule has 3 aromatic rings. The van der Waals surface area contributed by atoms with Gasteiger partial charge in [0.15, 0.2) is 5.82 Å². The average Bonchev–Trinajstić information content (AvgIpc) is 2.73. The number of hydrogen-bond donors (Lipinski definition) is 2. The highest BCUT2D eigenvalue weighted by Crippen LogP contribution is 2.34. The molecule has 0 saturated heterocycles. The Morgan fingerprint density at radius 2 is 1.67 bits per heavy atom. The van der Waals surface area contributed by atoms with Crippen LogP contribution in [0.25, 0.3) is 0 Å². The second-order valence-corrected chi connectivity index (χ2v) is 9.67. The molecule has 0 saturated carbocycles. The number of rotatable bonds is 8. The van der Waals surface area contributed by atoms with Crippen molar-refractivity contribution in [3.8, 4) is 0 Å². The van der Waals surface area contributed by atoms with Gasteiger partial charge in [-0.2, -0.15) is 4.31 Å². The Morgan fingerprint density at radius 1 is 1.03 bits per heavy atom. The van der Waals surface area contributed by atoms with Gasteiger partial charge in [0.1, 0.15) is 17.0 Å². The highest BCUT2D eigenvalue weighted by atomic mass is 35.5. The second-order valence-electron chi connectivity index (χ2n) is 6.24. The molecule has 0 aliphatic carbocycles. The zero-order valence-electron chi connectivity index (χ0n) is 16.5. The molecular weight excluding hydrogens is 442 g/mol. The fourth-order valence-electron chi connectivity index (χ4n) is 2.73. The molecule has 0 bridgehead atoms. The van der Waals surface area contributed by atoms with Crippen LogP contribution in [0.15, 0.2) is 69.7 Å². The molecule has 0 aliphatic heterocycles. The molecule has 0 fully saturated rings. The third kappa shape index (κ3) is 5.04. The smallest absolute Gasteiger partial charge is 0.243 e. The highest BCUT2D eigenvalue weighted by molar-refractivity contribution is 7.99. The third-order valence-electron chi connectivity index (χ3n) is 4.34. The van der Waals surface area contributed by atoms with E-state index in [0.717, 1.165) is 4.90 Å². The van der Waals surface area contributed by atoms with E-state index in [0.29, 0.717) is 40.3 Å². The molecule has 7 nitrogen and oxygen atoms in total. The first-order chi connectivity index (χ1) is 14.3. The summed E-state index contributed by atoms with van der Waals surface area (Å²) < 4.78 is 26.6. The number of sulfonamides is 1. The Hall–Kier alpha value is -2.33. The van der Waals surface area contributed by atoms with Crippen LogP contribution >= 0.6 is 23.4 Å². The van der Waals surface area contributed by atoms with Crippen molar-refractivity contribution in [3.05, 3.63) is 59.9 Å². The number of nitrogens with two attached hydrogens (primary N) is 1. The van der Waals surface area contributed by atoms with Crippen LogP contribution in [0.4, 0.5) is 17.2 Å². The fraction of sp³-hybridized carbons (Fsp3) is 0.200. The molecule has 1 heterocycles. The molecule has 10 heteroatoms. The minimum absolute atomic E-state index is 0.242. The van der Waals surface area contributed by atoms with Crippen LogP contribution < -0.4 is 11.1 Å². The van der Waals surface area contributed by atoms with Crippen molar-refractivity contribution in [1.29, 1.82) is 0 Å². The maximum Gasteiger partial charge on any atom is 0.243 e. The number of aromatic nitrogens is 2. The number of halogens is 1. The van der Waals surface area contributed by atoms with Crippen molar-refractivity contribution >= 4 is 50.6 Å². The Morgan fingerprint density at radius 3 is 2.27 bits per heavy atom. The quantitative estimate of drug-likeness (QED) is 0.469. The summed E-state index contributed by atoms with van der Waals surface area (Å²) in [6, 6.07) is 13.9. The lowest BCUT2D eigenvalue weighted by Crippen LogP contribution is -2.30. The zero-order chi connectivity index (χ0) is 21.7. The van der Waals surface area contributed by atoms with E-state index < -0.39 is 10.0 Å². The van der Waals surface area contributed by atoms with Gasteiger partial charge < -0.3 is 11.1 Å². The molecule has 158 valence electrons. The number of nitrogens with one attached hydrogen (secondary N) is 1. The van der Waals surface area contributed by atoms with Gasteiger partial charge in [-0.3, -0.25) is 0 Å². The lowest BCUT2D eigenvalue weighted by atomic mass is 10.3. The monoisotopic (exact) mass is 463 g/mol. The SMILES string of the molecule is CCN(CC)S(=O)(=O)c1ccc(Nc2ncnc(Sc3ccc(Cl)cc3)c2N)cc1. The van der Waals surface area contributed by atoms with E-state index in [1.54, 1.807) is 36.4 Å². The van der Waals surface area contributed by atoms with E-state index >= 15 is 0 Å². The first-order valence-electron chi connectivity index (χ1n) is 9.26. The number of anilines is 3. The molecule has 0 aliphatic rings. The molecule has 0 amide bonds. The molecule has 30 heavy (non-hydrogen) atoms. The highest BCUT2D eigenvalue weighted by Gasteiger charge is 2.21. The van der Waals surface area contributed by atoms with E-state index in [2.05, 4.69) is 15.3 Å². The van der Waals surface area contributed by atoms with Crippen LogP contribution in [0.1, 0.15) is 13.8 Å². The number of nitrogens with zero attached hydrogens (tertiary/aromatic N) is 3. The summed E-state index contributed by atoms with van der Waals surface area (Å²) in [4.78, 5) is 9.65. The summed E-state index contributed by atoms with van der Waals surface area (Å²) >= 11 is 7.33. The summed E-state index contributed by atoms with van der Waals surface area (Å²) in [5.74, 6) is 0.445. The standard InChI is InChI=1S/C20H22ClN5O2S2/c1-3-26(4-2)30(27,28)17-11-7-15(8-12-17)25-19-18(22)20(24-13-23-19)29-16-9-5-14(21)6-10-16/h5-13H,3-4,22H2,1-2H3,(H,23,24,25). The largest absolute Gasteiger partial charge is 0.394 e. The van der Waals surface area contributed by atoms with Gasteiger partial charge in [0.2, 0.25) is 10.0 Å². The van der Waals surface area contributed by atoms with Crippen LogP contribution in [0.5, 0.6) is 0 Å². The van der Waals surface area contributed by atoms with Crippen molar-refractivity contribution in [2.24, 2.45) is 0 Å². The maximum atomic E-state index is 12.6. The Kier molecular flexibility index (Phi) is 7.19. The van der Waals surface area contributed by atoms with Gasteiger partial charge in [0.05, 0.1) is 4.90 Å². The lowest BCUT2D eigenvalue weighted by Gasteiger charge is -2.18. The number of benzene rings is 2. The van der Waals surface area contributed by atoms with Gasteiger partial charge in [0, 0.05) is 28.7 Å². The average molecular weight is 464 g/mol. The minimum atomic E-state index is -3.50. The topological polar surface area (TPSA) is 101 Å². The maximum absolute atomic E-state index is 12.6. The van der Waals surface area contributed by atoms with Crippen LogP contribution in [0, 0.1) is 0 Å². The van der Waals surface area contributed by atoms with Crippen molar-refractivity contribution in [1.82, 2.24) is 14.3 Å². The first kappa shape index (κ1) is 22.4. The van der Waals surface area contributed by atoms with Crippen molar-refractivity contribution in [3.63, 3.8) is 0 Å². The fourth-order valence-corrected chi connectivity index (χ4v) is 5.12. The summed E-state index contributed by atoms with van der Waals surface area (Å²) in [6.45, 7) is 4.47. The lowest BCUT2D eigenvalue weighted by molar-refractivity contribution is 0.445. The van der Waals surface area contributed by atoms with Gasteiger partial charge in [0.25, 0.3) is 0 Å². The Labute approximate surface area is 185 Å².